The summed E-state index contributed by atoms with van der Waals surface area (Å²) in [5.74, 6) is 1.20. The van der Waals surface area contributed by atoms with Crippen LogP contribution in [0, 0.1) is 11.8 Å². The maximum atomic E-state index is 12.4. The lowest BCUT2D eigenvalue weighted by atomic mass is 9.78. The van der Waals surface area contributed by atoms with Crippen LogP contribution >= 0.6 is 27.5 Å². The minimum atomic E-state index is -0.0000772. The van der Waals surface area contributed by atoms with Crippen LogP contribution in [0.15, 0.2) is 22.7 Å². The van der Waals surface area contributed by atoms with E-state index in [4.69, 9.17) is 11.6 Å². The van der Waals surface area contributed by atoms with Crippen LogP contribution in [0.25, 0.3) is 0 Å². The van der Waals surface area contributed by atoms with Crippen LogP contribution in [0.2, 0.25) is 5.02 Å². The Bertz CT molecular complexity index is 489. The van der Waals surface area contributed by atoms with Gasteiger partial charge in [0.25, 0.3) is 5.91 Å². The molecule has 4 heteroatoms. The number of amides is 1. The van der Waals surface area contributed by atoms with Crippen molar-refractivity contribution in [3.63, 3.8) is 0 Å². The first kappa shape index (κ1) is 15.8. The summed E-state index contributed by atoms with van der Waals surface area (Å²) in [6.45, 7) is 4.49. The van der Waals surface area contributed by atoms with Gasteiger partial charge in [-0.3, -0.25) is 4.79 Å². The van der Waals surface area contributed by atoms with Gasteiger partial charge >= 0.3 is 0 Å². The van der Waals surface area contributed by atoms with Gasteiger partial charge in [-0.05, 0) is 58.8 Å². The van der Waals surface area contributed by atoms with E-state index in [2.05, 4.69) is 35.1 Å². The molecule has 2 atom stereocenters. The van der Waals surface area contributed by atoms with E-state index >= 15 is 0 Å². The second kappa shape index (κ2) is 6.95. The van der Waals surface area contributed by atoms with Crippen molar-refractivity contribution in [2.45, 2.75) is 45.6 Å². The number of carbonyl (C=O) groups is 1. The molecule has 1 amide bonds. The first-order chi connectivity index (χ1) is 9.49. The average molecular weight is 359 g/mol. The van der Waals surface area contributed by atoms with Crippen LogP contribution in [0.3, 0.4) is 0 Å². The molecule has 1 saturated carbocycles. The molecule has 0 heterocycles. The van der Waals surface area contributed by atoms with E-state index < -0.39 is 0 Å². The molecule has 0 aromatic heterocycles. The van der Waals surface area contributed by atoms with Crippen LogP contribution in [0.5, 0.6) is 0 Å². The summed E-state index contributed by atoms with van der Waals surface area (Å²) >= 11 is 9.33. The Hall–Kier alpha value is -0.540. The Labute approximate surface area is 134 Å². The molecular weight excluding hydrogens is 338 g/mol. The van der Waals surface area contributed by atoms with Gasteiger partial charge < -0.3 is 5.32 Å². The van der Waals surface area contributed by atoms with Crippen LogP contribution < -0.4 is 5.32 Å². The summed E-state index contributed by atoms with van der Waals surface area (Å²) in [7, 11) is 0. The van der Waals surface area contributed by atoms with Crippen molar-refractivity contribution in [1.29, 1.82) is 0 Å². The number of halogens is 2. The van der Waals surface area contributed by atoms with E-state index in [1.54, 1.807) is 18.2 Å². The maximum Gasteiger partial charge on any atom is 0.251 e. The highest BCUT2D eigenvalue weighted by molar-refractivity contribution is 9.10. The van der Waals surface area contributed by atoms with Gasteiger partial charge in [-0.2, -0.15) is 0 Å². The molecule has 0 radical (unpaired) electrons. The fraction of sp³-hybridized carbons (Fsp3) is 0.562. The molecule has 2 rings (SSSR count). The number of benzene rings is 1. The molecule has 2 unspecified atom stereocenters. The highest BCUT2D eigenvalue weighted by Gasteiger charge is 2.28. The van der Waals surface area contributed by atoms with Crippen molar-refractivity contribution < 1.29 is 4.79 Å². The number of nitrogens with one attached hydrogen (secondary N) is 1. The van der Waals surface area contributed by atoms with Crippen molar-refractivity contribution in [2.75, 3.05) is 0 Å². The summed E-state index contributed by atoms with van der Waals surface area (Å²) in [5.41, 5.74) is 0.661. The van der Waals surface area contributed by atoms with Gasteiger partial charge in [0.05, 0.1) is 5.02 Å². The Morgan fingerprint density at radius 2 is 2.05 bits per heavy atom. The molecule has 1 fully saturated rings. The van der Waals surface area contributed by atoms with Crippen LogP contribution in [0.1, 0.15) is 49.9 Å². The maximum absolute atomic E-state index is 12.4. The fourth-order valence-corrected chi connectivity index (χ4v) is 3.52. The molecule has 0 bridgehead atoms. The van der Waals surface area contributed by atoms with Crippen LogP contribution in [-0.4, -0.2) is 11.9 Å². The molecule has 1 aromatic rings. The zero-order chi connectivity index (χ0) is 14.7. The molecule has 0 aliphatic heterocycles. The van der Waals surface area contributed by atoms with E-state index in [1.807, 2.05) is 0 Å². The number of hydrogen-bond donors (Lipinski definition) is 1. The summed E-state index contributed by atoms with van der Waals surface area (Å²) in [4.78, 5) is 12.4. The second-order valence-corrected chi connectivity index (χ2v) is 7.16. The van der Waals surface area contributed by atoms with Gasteiger partial charge in [0.1, 0.15) is 0 Å². The third kappa shape index (κ3) is 3.76. The zero-order valence-electron chi connectivity index (χ0n) is 12.0. The first-order valence-electron chi connectivity index (χ1n) is 7.25. The molecule has 20 heavy (non-hydrogen) atoms. The normalized spacial score (nSPS) is 22.9. The lowest BCUT2D eigenvalue weighted by Crippen LogP contribution is -2.43. The quantitative estimate of drug-likeness (QED) is 0.805. The predicted molar refractivity (Wildman–Crippen MR) is 87.2 cm³/mol. The predicted octanol–water partition coefficient (Wildman–Crippen LogP) is 5.05. The first-order valence-corrected chi connectivity index (χ1v) is 8.42. The Morgan fingerprint density at radius 1 is 1.35 bits per heavy atom. The van der Waals surface area contributed by atoms with Gasteiger partial charge in [0.2, 0.25) is 0 Å². The van der Waals surface area contributed by atoms with Crippen molar-refractivity contribution in [2.24, 2.45) is 11.8 Å². The SMILES string of the molecule is CC(C)C1CCCCC1NC(=O)c1ccc(Cl)c(Br)c1. The smallest absolute Gasteiger partial charge is 0.251 e. The van der Waals surface area contributed by atoms with E-state index in [1.165, 1.54) is 19.3 Å². The number of carbonyl (C=O) groups excluding carboxylic acids is 1. The van der Waals surface area contributed by atoms with Crippen LogP contribution in [-0.2, 0) is 0 Å². The van der Waals surface area contributed by atoms with Gasteiger partial charge in [0.15, 0.2) is 0 Å². The summed E-state index contributed by atoms with van der Waals surface area (Å²) in [6.07, 6.45) is 4.79. The molecule has 1 N–H and O–H groups in total. The van der Waals surface area contributed by atoms with Crippen molar-refractivity contribution in [1.82, 2.24) is 5.32 Å². The molecule has 1 aliphatic rings. The minimum absolute atomic E-state index is 0.0000772. The summed E-state index contributed by atoms with van der Waals surface area (Å²) in [5, 5.41) is 3.83. The van der Waals surface area contributed by atoms with E-state index in [-0.39, 0.29) is 5.91 Å². The molecule has 0 saturated heterocycles. The van der Waals surface area contributed by atoms with Crippen molar-refractivity contribution in [3.05, 3.63) is 33.3 Å². The van der Waals surface area contributed by atoms with E-state index in [9.17, 15) is 4.79 Å². The second-order valence-electron chi connectivity index (χ2n) is 5.90. The van der Waals surface area contributed by atoms with Crippen LogP contribution in [0.4, 0.5) is 0 Å². The topological polar surface area (TPSA) is 29.1 Å². The molecule has 110 valence electrons. The van der Waals surface area contributed by atoms with Crippen molar-refractivity contribution in [3.8, 4) is 0 Å². The van der Waals surface area contributed by atoms with Crippen molar-refractivity contribution >= 4 is 33.4 Å². The Balaban J connectivity index is 2.07. The summed E-state index contributed by atoms with van der Waals surface area (Å²) in [6, 6.07) is 5.60. The van der Waals surface area contributed by atoms with Gasteiger partial charge in [-0.15, -0.1) is 0 Å². The van der Waals surface area contributed by atoms with Gasteiger partial charge in [0, 0.05) is 16.1 Å². The van der Waals surface area contributed by atoms with Gasteiger partial charge in [-0.25, -0.2) is 0 Å². The minimum Gasteiger partial charge on any atom is -0.349 e. The number of hydrogen-bond acceptors (Lipinski definition) is 1. The monoisotopic (exact) mass is 357 g/mol. The third-order valence-electron chi connectivity index (χ3n) is 4.17. The molecule has 1 aliphatic carbocycles. The molecular formula is C16H21BrClNO. The third-order valence-corrected chi connectivity index (χ3v) is 5.39. The summed E-state index contributed by atoms with van der Waals surface area (Å²) < 4.78 is 0.760. The highest BCUT2D eigenvalue weighted by Crippen LogP contribution is 2.30. The Morgan fingerprint density at radius 3 is 2.70 bits per heavy atom. The zero-order valence-corrected chi connectivity index (χ0v) is 14.3. The molecule has 0 spiro atoms. The molecule has 2 nitrogen and oxygen atoms in total. The Kier molecular flexibility index (Phi) is 5.50. The molecule has 1 aromatic carbocycles. The largest absolute Gasteiger partial charge is 0.349 e. The highest BCUT2D eigenvalue weighted by atomic mass is 79.9. The van der Waals surface area contributed by atoms with Gasteiger partial charge in [-0.1, -0.05) is 38.3 Å². The standard InChI is InChI=1S/C16H21BrClNO/c1-10(2)12-5-3-4-6-15(12)19-16(20)11-7-8-14(18)13(17)9-11/h7-10,12,15H,3-6H2,1-2H3,(H,19,20). The van der Waals surface area contributed by atoms with E-state index in [0.29, 0.717) is 28.5 Å². The van der Waals surface area contributed by atoms with E-state index in [0.717, 1.165) is 10.9 Å². The number of rotatable bonds is 3. The fourth-order valence-electron chi connectivity index (χ4n) is 3.03. The lowest BCUT2D eigenvalue weighted by molar-refractivity contribution is 0.0889. The average Bonchev–Trinajstić information content (AvgIpc) is 2.42. The lowest BCUT2D eigenvalue weighted by Gasteiger charge is -2.34.